The molecule has 0 atom stereocenters. The highest BCUT2D eigenvalue weighted by Gasteiger charge is 2.25. The maximum atomic E-state index is 4.76. The van der Waals surface area contributed by atoms with Crippen molar-refractivity contribution in [2.45, 2.75) is 39.0 Å². The van der Waals surface area contributed by atoms with E-state index in [4.69, 9.17) is 9.97 Å². The number of rotatable bonds is 2. The van der Waals surface area contributed by atoms with Gasteiger partial charge in [0.15, 0.2) is 0 Å². The molecule has 0 radical (unpaired) electrons. The molecule has 0 aromatic carbocycles. The van der Waals surface area contributed by atoms with Crippen LogP contribution in [-0.4, -0.2) is 36.1 Å². The van der Waals surface area contributed by atoms with Crippen molar-refractivity contribution in [3.05, 3.63) is 17.2 Å². The first-order valence-corrected chi connectivity index (χ1v) is 7.06. The Bertz CT molecular complexity index is 410. The molecule has 1 aromatic rings. The van der Waals surface area contributed by atoms with Crippen LogP contribution in [0.15, 0.2) is 0 Å². The zero-order valence-corrected chi connectivity index (χ0v) is 11.4. The van der Waals surface area contributed by atoms with Gasteiger partial charge in [0.05, 0.1) is 17.1 Å². The van der Waals surface area contributed by atoms with Crippen LogP contribution in [0.1, 0.15) is 42.4 Å². The van der Waals surface area contributed by atoms with E-state index in [2.05, 4.69) is 24.1 Å². The fourth-order valence-electron chi connectivity index (χ4n) is 2.93. The molecule has 1 aliphatic heterocycles. The van der Waals surface area contributed by atoms with E-state index in [1.54, 1.807) is 0 Å². The number of nitrogens with one attached hydrogen (secondary N) is 1. The number of aryl methyl sites for hydroxylation is 2. The lowest BCUT2D eigenvalue weighted by atomic mass is 9.84. The standard InChI is InChI=1S/C14H22N4/c1-10-13(18-8-6-15-7-9-18)11(2)17-14(16-10)12-4-3-5-12/h12,15H,3-9H2,1-2H3. The number of nitrogens with zero attached hydrogens (tertiary/aromatic N) is 3. The van der Waals surface area contributed by atoms with E-state index in [0.717, 1.165) is 43.4 Å². The molecule has 98 valence electrons. The van der Waals surface area contributed by atoms with Gasteiger partial charge in [-0.1, -0.05) is 6.42 Å². The van der Waals surface area contributed by atoms with Crippen molar-refractivity contribution in [3.8, 4) is 0 Å². The highest BCUT2D eigenvalue weighted by Crippen LogP contribution is 2.35. The summed E-state index contributed by atoms with van der Waals surface area (Å²) >= 11 is 0. The van der Waals surface area contributed by atoms with Crippen molar-refractivity contribution in [1.82, 2.24) is 15.3 Å². The molecular weight excluding hydrogens is 224 g/mol. The third kappa shape index (κ3) is 2.09. The van der Waals surface area contributed by atoms with Crippen molar-refractivity contribution in [2.24, 2.45) is 0 Å². The maximum Gasteiger partial charge on any atom is 0.132 e. The van der Waals surface area contributed by atoms with Crippen molar-refractivity contribution >= 4 is 5.69 Å². The van der Waals surface area contributed by atoms with E-state index in [9.17, 15) is 0 Å². The Labute approximate surface area is 109 Å². The summed E-state index contributed by atoms with van der Waals surface area (Å²) < 4.78 is 0. The molecule has 1 saturated heterocycles. The third-order valence-electron chi connectivity index (χ3n) is 4.15. The average Bonchev–Trinajstić information content (AvgIpc) is 2.27. The van der Waals surface area contributed by atoms with Gasteiger partial charge in [0.25, 0.3) is 0 Å². The molecule has 2 aliphatic rings. The third-order valence-corrected chi connectivity index (χ3v) is 4.15. The van der Waals surface area contributed by atoms with E-state index in [0.29, 0.717) is 5.92 Å². The SMILES string of the molecule is Cc1nc(C2CCC2)nc(C)c1N1CCNCC1. The van der Waals surface area contributed by atoms with Crippen LogP contribution in [-0.2, 0) is 0 Å². The molecule has 0 bridgehead atoms. The Morgan fingerprint density at radius 1 is 1.06 bits per heavy atom. The summed E-state index contributed by atoms with van der Waals surface area (Å²) in [7, 11) is 0. The molecule has 1 aromatic heterocycles. The molecule has 2 fully saturated rings. The summed E-state index contributed by atoms with van der Waals surface area (Å²) in [4.78, 5) is 11.9. The van der Waals surface area contributed by atoms with Gasteiger partial charge in [-0.3, -0.25) is 0 Å². The Hall–Kier alpha value is -1.16. The molecule has 2 heterocycles. The van der Waals surface area contributed by atoms with Gasteiger partial charge < -0.3 is 10.2 Å². The second-order valence-electron chi connectivity index (χ2n) is 5.47. The quantitative estimate of drug-likeness (QED) is 0.863. The molecule has 0 spiro atoms. The molecule has 0 unspecified atom stereocenters. The molecule has 3 rings (SSSR count). The number of hydrogen-bond donors (Lipinski definition) is 1. The fourth-order valence-corrected chi connectivity index (χ4v) is 2.93. The maximum absolute atomic E-state index is 4.76. The van der Waals surface area contributed by atoms with Crippen LogP contribution in [0.4, 0.5) is 5.69 Å². The van der Waals surface area contributed by atoms with E-state index >= 15 is 0 Å². The van der Waals surface area contributed by atoms with Gasteiger partial charge in [-0.25, -0.2) is 9.97 Å². The summed E-state index contributed by atoms with van der Waals surface area (Å²) in [5, 5.41) is 3.39. The van der Waals surface area contributed by atoms with Crippen molar-refractivity contribution in [3.63, 3.8) is 0 Å². The topological polar surface area (TPSA) is 41.1 Å². The minimum absolute atomic E-state index is 0.625. The van der Waals surface area contributed by atoms with Gasteiger partial charge in [0.1, 0.15) is 5.82 Å². The van der Waals surface area contributed by atoms with Gasteiger partial charge >= 0.3 is 0 Å². The normalized spacial score (nSPS) is 20.9. The zero-order valence-electron chi connectivity index (χ0n) is 11.4. The Balaban J connectivity index is 1.89. The lowest BCUT2D eigenvalue weighted by molar-refractivity contribution is 0.400. The molecule has 4 heteroatoms. The van der Waals surface area contributed by atoms with Crippen LogP contribution in [0.3, 0.4) is 0 Å². The van der Waals surface area contributed by atoms with Crippen LogP contribution in [0, 0.1) is 13.8 Å². The molecule has 1 saturated carbocycles. The largest absolute Gasteiger partial charge is 0.366 e. The Morgan fingerprint density at radius 3 is 2.17 bits per heavy atom. The monoisotopic (exact) mass is 246 g/mol. The summed E-state index contributed by atoms with van der Waals surface area (Å²) in [5.41, 5.74) is 3.58. The summed E-state index contributed by atoms with van der Waals surface area (Å²) in [6.45, 7) is 8.51. The van der Waals surface area contributed by atoms with Gasteiger partial charge in [-0.05, 0) is 26.7 Å². The molecule has 0 amide bonds. The van der Waals surface area contributed by atoms with Crippen LogP contribution in [0.5, 0.6) is 0 Å². The highest BCUT2D eigenvalue weighted by molar-refractivity contribution is 5.54. The predicted molar refractivity (Wildman–Crippen MR) is 73.2 cm³/mol. The summed E-state index contributed by atoms with van der Waals surface area (Å²) in [6, 6.07) is 0. The number of hydrogen-bond acceptors (Lipinski definition) is 4. The van der Waals surface area contributed by atoms with Crippen LogP contribution >= 0.6 is 0 Å². The second kappa shape index (κ2) is 4.84. The van der Waals surface area contributed by atoms with Crippen LogP contribution in [0.25, 0.3) is 0 Å². The molecule has 1 N–H and O–H groups in total. The second-order valence-corrected chi connectivity index (χ2v) is 5.47. The van der Waals surface area contributed by atoms with Crippen LogP contribution in [0.2, 0.25) is 0 Å². The molecule has 18 heavy (non-hydrogen) atoms. The predicted octanol–water partition coefficient (Wildman–Crippen LogP) is 1.77. The Morgan fingerprint density at radius 2 is 1.67 bits per heavy atom. The first-order chi connectivity index (χ1) is 8.75. The van der Waals surface area contributed by atoms with E-state index in [1.807, 2.05) is 0 Å². The van der Waals surface area contributed by atoms with Gasteiger partial charge in [-0.2, -0.15) is 0 Å². The first kappa shape index (κ1) is 11.9. The fraction of sp³-hybridized carbons (Fsp3) is 0.714. The van der Waals surface area contributed by atoms with Crippen molar-refractivity contribution in [2.75, 3.05) is 31.1 Å². The minimum atomic E-state index is 0.625. The van der Waals surface area contributed by atoms with Crippen LogP contribution < -0.4 is 10.2 Å². The van der Waals surface area contributed by atoms with Crippen molar-refractivity contribution in [1.29, 1.82) is 0 Å². The summed E-state index contributed by atoms with van der Waals surface area (Å²) in [6.07, 6.45) is 3.88. The van der Waals surface area contributed by atoms with E-state index < -0.39 is 0 Å². The lowest BCUT2D eigenvalue weighted by Gasteiger charge is -2.32. The minimum Gasteiger partial charge on any atom is -0.366 e. The van der Waals surface area contributed by atoms with E-state index in [1.165, 1.54) is 24.9 Å². The lowest BCUT2D eigenvalue weighted by Crippen LogP contribution is -2.44. The molecule has 4 nitrogen and oxygen atoms in total. The molecule has 1 aliphatic carbocycles. The number of piperazine rings is 1. The van der Waals surface area contributed by atoms with Gasteiger partial charge in [0, 0.05) is 32.1 Å². The summed E-state index contributed by atoms with van der Waals surface area (Å²) in [5.74, 6) is 1.70. The first-order valence-electron chi connectivity index (χ1n) is 7.06. The van der Waals surface area contributed by atoms with E-state index in [-0.39, 0.29) is 0 Å². The average molecular weight is 246 g/mol. The molecular formula is C14H22N4. The van der Waals surface area contributed by atoms with Gasteiger partial charge in [-0.15, -0.1) is 0 Å². The zero-order chi connectivity index (χ0) is 12.5. The number of anilines is 1. The van der Waals surface area contributed by atoms with Crippen molar-refractivity contribution < 1.29 is 0 Å². The smallest absolute Gasteiger partial charge is 0.132 e. The Kier molecular flexibility index (Phi) is 3.20. The number of aromatic nitrogens is 2. The van der Waals surface area contributed by atoms with Gasteiger partial charge in [0.2, 0.25) is 0 Å². The highest BCUT2D eigenvalue weighted by atomic mass is 15.2.